The van der Waals surface area contributed by atoms with Gasteiger partial charge < -0.3 is 19.5 Å². The van der Waals surface area contributed by atoms with Crippen LogP contribution in [0.15, 0.2) is 71.1 Å². The molecule has 1 N–H and O–H groups in total. The van der Waals surface area contributed by atoms with Gasteiger partial charge in [-0.2, -0.15) is 0 Å². The molecule has 0 saturated carbocycles. The Morgan fingerprint density at radius 3 is 2.81 bits per heavy atom. The molecule has 160 valence electrons. The average molecular weight is 421 g/mol. The average Bonchev–Trinajstić information content (AvgIpc) is 3.28. The first-order valence-corrected chi connectivity index (χ1v) is 10.3. The molecule has 1 aromatic heterocycles. The summed E-state index contributed by atoms with van der Waals surface area (Å²) >= 11 is 0. The van der Waals surface area contributed by atoms with Gasteiger partial charge >= 0.3 is 6.03 Å². The first-order chi connectivity index (χ1) is 15.2. The lowest BCUT2D eigenvalue weighted by atomic mass is 10.0. The summed E-state index contributed by atoms with van der Waals surface area (Å²) in [5, 5.41) is 6.35. The van der Waals surface area contributed by atoms with Crippen LogP contribution in [0.2, 0.25) is 0 Å². The predicted molar refractivity (Wildman–Crippen MR) is 116 cm³/mol. The second-order valence-electron chi connectivity index (χ2n) is 7.43. The summed E-state index contributed by atoms with van der Waals surface area (Å²) in [6.45, 7) is 1.80. The van der Waals surface area contributed by atoms with Gasteiger partial charge in [-0.1, -0.05) is 41.1 Å². The molecule has 0 aliphatic carbocycles. The number of ether oxygens (including phenoxy) is 1. The fourth-order valence-corrected chi connectivity index (χ4v) is 3.52. The molecular weight excluding hydrogens is 397 g/mol. The highest BCUT2D eigenvalue weighted by molar-refractivity contribution is 5.89. The number of carbonyl (C=O) groups excluding carboxylic acids is 1. The molecule has 0 radical (unpaired) electrons. The molecule has 31 heavy (non-hydrogen) atoms. The van der Waals surface area contributed by atoms with Crippen LogP contribution in [0.3, 0.4) is 0 Å². The second kappa shape index (κ2) is 9.93. The number of anilines is 1. The first-order valence-electron chi connectivity index (χ1n) is 10.3. The monoisotopic (exact) mass is 421 g/mol. The summed E-state index contributed by atoms with van der Waals surface area (Å²) in [7, 11) is 0. The lowest BCUT2D eigenvalue weighted by Gasteiger charge is -2.28. The van der Waals surface area contributed by atoms with Crippen LogP contribution in [0, 0.1) is 5.82 Å². The molecule has 0 unspecified atom stereocenters. The molecule has 1 saturated heterocycles. The second-order valence-corrected chi connectivity index (χ2v) is 7.43. The zero-order valence-corrected chi connectivity index (χ0v) is 17.1. The Kier molecular flexibility index (Phi) is 6.62. The van der Waals surface area contributed by atoms with Crippen molar-refractivity contribution in [2.45, 2.75) is 19.3 Å². The van der Waals surface area contributed by atoms with Crippen molar-refractivity contribution in [1.82, 2.24) is 10.1 Å². The molecule has 1 aliphatic rings. The molecule has 1 fully saturated rings. The summed E-state index contributed by atoms with van der Waals surface area (Å²) in [5.74, 6) is 0.560. The van der Waals surface area contributed by atoms with E-state index in [2.05, 4.69) is 16.5 Å². The lowest BCUT2D eigenvalue weighted by Crippen LogP contribution is -2.39. The Hall–Kier alpha value is -3.61. The Balaban J connectivity index is 1.27. The number of nitrogens with one attached hydrogen (secondary N) is 1. The van der Waals surface area contributed by atoms with Gasteiger partial charge in [0.1, 0.15) is 23.5 Å². The molecule has 7 heteroatoms. The Morgan fingerprint density at radius 1 is 1.19 bits per heavy atom. The SMILES string of the molecule is O=C(Nc1cnoc1)N1CCC(=Cc2cccc(OCCc3cccc(F)c3)c2)CC1. The number of hydrogen-bond acceptors (Lipinski definition) is 4. The van der Waals surface area contributed by atoms with Gasteiger partial charge in [0, 0.05) is 19.5 Å². The van der Waals surface area contributed by atoms with E-state index in [4.69, 9.17) is 9.26 Å². The van der Waals surface area contributed by atoms with Gasteiger partial charge in [-0.05, 0) is 48.2 Å². The van der Waals surface area contributed by atoms with E-state index in [9.17, 15) is 9.18 Å². The van der Waals surface area contributed by atoms with Crippen LogP contribution in [0.5, 0.6) is 5.75 Å². The first kappa shape index (κ1) is 20.7. The smallest absolute Gasteiger partial charge is 0.321 e. The zero-order valence-electron chi connectivity index (χ0n) is 17.1. The van der Waals surface area contributed by atoms with E-state index < -0.39 is 0 Å². The number of rotatable bonds is 6. The predicted octanol–water partition coefficient (Wildman–Crippen LogP) is 5.15. The summed E-state index contributed by atoms with van der Waals surface area (Å²) in [6.07, 6.45) is 7.33. The minimum atomic E-state index is -0.229. The highest BCUT2D eigenvalue weighted by Gasteiger charge is 2.19. The largest absolute Gasteiger partial charge is 0.493 e. The van der Waals surface area contributed by atoms with E-state index >= 15 is 0 Å². The Bertz CT molecular complexity index is 1040. The molecule has 2 amide bonds. The minimum Gasteiger partial charge on any atom is -0.493 e. The van der Waals surface area contributed by atoms with Gasteiger partial charge in [0.2, 0.25) is 0 Å². The van der Waals surface area contributed by atoms with Crippen molar-refractivity contribution in [3.05, 3.63) is 83.5 Å². The van der Waals surface area contributed by atoms with Crippen molar-refractivity contribution in [3.63, 3.8) is 0 Å². The highest BCUT2D eigenvalue weighted by Crippen LogP contribution is 2.22. The topological polar surface area (TPSA) is 67.6 Å². The van der Waals surface area contributed by atoms with Crippen molar-refractivity contribution in [2.24, 2.45) is 0 Å². The quantitative estimate of drug-likeness (QED) is 0.598. The van der Waals surface area contributed by atoms with Crippen LogP contribution in [0.1, 0.15) is 24.0 Å². The third kappa shape index (κ3) is 5.94. The van der Waals surface area contributed by atoms with Gasteiger partial charge in [-0.25, -0.2) is 9.18 Å². The third-order valence-electron chi connectivity index (χ3n) is 5.15. The molecule has 3 aromatic rings. The van der Waals surface area contributed by atoms with Gasteiger partial charge in [0.25, 0.3) is 0 Å². The molecule has 0 bridgehead atoms. The standard InChI is InChI=1S/C24H24FN3O3/c25-21-5-1-3-18(14-21)9-12-30-23-6-2-4-20(15-23)13-19-7-10-28(11-8-19)24(29)27-22-16-26-31-17-22/h1-6,13-17H,7-12H2,(H,27,29). The maximum Gasteiger partial charge on any atom is 0.321 e. The molecule has 1 aliphatic heterocycles. The number of nitrogens with zero attached hydrogens (tertiary/aromatic N) is 2. The van der Waals surface area contributed by atoms with Crippen molar-refractivity contribution in [3.8, 4) is 5.75 Å². The molecule has 0 atom stereocenters. The summed E-state index contributed by atoms with van der Waals surface area (Å²) < 4.78 is 23.8. The maximum atomic E-state index is 13.3. The van der Waals surface area contributed by atoms with Gasteiger partial charge in [0.05, 0.1) is 12.8 Å². The molecule has 4 rings (SSSR count). The number of amides is 2. The number of hydrogen-bond donors (Lipinski definition) is 1. The van der Waals surface area contributed by atoms with E-state index in [1.54, 1.807) is 11.0 Å². The molecule has 0 spiro atoms. The molecular formula is C24H24FN3O3. The van der Waals surface area contributed by atoms with E-state index in [1.165, 1.54) is 30.2 Å². The van der Waals surface area contributed by atoms with Crippen molar-refractivity contribution in [2.75, 3.05) is 25.0 Å². The van der Waals surface area contributed by atoms with Gasteiger partial charge in [0.15, 0.2) is 0 Å². The maximum absolute atomic E-state index is 13.3. The number of piperidine rings is 1. The van der Waals surface area contributed by atoms with Crippen LogP contribution in [0.25, 0.3) is 6.08 Å². The van der Waals surface area contributed by atoms with Gasteiger partial charge in [-0.3, -0.25) is 0 Å². The van der Waals surface area contributed by atoms with Crippen LogP contribution < -0.4 is 10.1 Å². The van der Waals surface area contributed by atoms with Crippen LogP contribution in [-0.2, 0) is 6.42 Å². The van der Waals surface area contributed by atoms with E-state index in [0.29, 0.717) is 31.8 Å². The number of halogens is 1. The Morgan fingerprint density at radius 2 is 2.03 bits per heavy atom. The minimum absolute atomic E-state index is 0.143. The number of urea groups is 1. The number of likely N-dealkylation sites (tertiary alicyclic amines) is 1. The zero-order chi connectivity index (χ0) is 21.5. The summed E-state index contributed by atoms with van der Waals surface area (Å²) in [6, 6.07) is 14.4. The number of carbonyl (C=O) groups is 1. The van der Waals surface area contributed by atoms with Crippen LogP contribution in [-0.4, -0.2) is 35.8 Å². The van der Waals surface area contributed by atoms with E-state index in [1.807, 2.05) is 30.3 Å². The van der Waals surface area contributed by atoms with Crippen molar-refractivity contribution in [1.29, 1.82) is 0 Å². The van der Waals surface area contributed by atoms with E-state index in [0.717, 1.165) is 29.7 Å². The van der Waals surface area contributed by atoms with Crippen molar-refractivity contribution >= 4 is 17.8 Å². The Labute approximate surface area is 180 Å². The van der Waals surface area contributed by atoms with Crippen LogP contribution >= 0.6 is 0 Å². The summed E-state index contributed by atoms with van der Waals surface area (Å²) in [5.41, 5.74) is 3.84. The molecule has 2 aromatic carbocycles. The van der Waals surface area contributed by atoms with Crippen molar-refractivity contribution < 1.29 is 18.4 Å². The fourth-order valence-electron chi connectivity index (χ4n) is 3.52. The number of benzene rings is 2. The lowest BCUT2D eigenvalue weighted by molar-refractivity contribution is 0.208. The normalized spacial score (nSPS) is 13.7. The van der Waals surface area contributed by atoms with E-state index in [-0.39, 0.29) is 11.8 Å². The summed E-state index contributed by atoms with van der Waals surface area (Å²) in [4.78, 5) is 14.1. The fraction of sp³-hybridized carbons (Fsp3) is 0.250. The van der Waals surface area contributed by atoms with Crippen LogP contribution in [0.4, 0.5) is 14.9 Å². The molecule has 6 nitrogen and oxygen atoms in total. The highest BCUT2D eigenvalue weighted by atomic mass is 19.1. The van der Waals surface area contributed by atoms with Gasteiger partial charge in [-0.15, -0.1) is 0 Å². The third-order valence-corrected chi connectivity index (χ3v) is 5.15. The molecule has 2 heterocycles. The number of aromatic nitrogens is 1.